The number of carbonyl (C=O) groups excluding carboxylic acids is 2. The monoisotopic (exact) mass is 335 g/mol. The fourth-order valence-electron chi connectivity index (χ4n) is 2.95. The number of aromatic nitrogens is 1. The molecular weight excluding hydrogens is 314 g/mol. The van der Waals surface area contributed by atoms with E-state index in [2.05, 4.69) is 33.5 Å². The van der Waals surface area contributed by atoms with Gasteiger partial charge in [0.15, 0.2) is 0 Å². The quantitative estimate of drug-likeness (QED) is 0.752. The summed E-state index contributed by atoms with van der Waals surface area (Å²) in [5, 5.41) is 6.85. The van der Waals surface area contributed by atoms with E-state index >= 15 is 0 Å². The second-order valence-electron chi connectivity index (χ2n) is 6.05. The van der Waals surface area contributed by atoms with Crippen molar-refractivity contribution in [2.75, 3.05) is 11.9 Å². The van der Waals surface area contributed by atoms with E-state index in [1.54, 1.807) is 24.3 Å². The maximum atomic E-state index is 12.2. The Morgan fingerprint density at radius 1 is 1.04 bits per heavy atom. The third-order valence-electron chi connectivity index (χ3n) is 4.13. The first-order chi connectivity index (χ1) is 12.0. The number of nitrogens with zero attached hydrogens (tertiary/aromatic N) is 1. The Morgan fingerprint density at radius 3 is 2.48 bits per heavy atom. The summed E-state index contributed by atoms with van der Waals surface area (Å²) in [6.07, 6.45) is 2.89. The largest absolute Gasteiger partial charge is 0.352 e. The van der Waals surface area contributed by atoms with Crippen LogP contribution in [-0.2, 0) is 18.3 Å². The lowest BCUT2D eigenvalue weighted by molar-refractivity contribution is -0.114. The van der Waals surface area contributed by atoms with Gasteiger partial charge in [-0.05, 0) is 42.3 Å². The molecule has 0 aliphatic heterocycles. The van der Waals surface area contributed by atoms with Crippen molar-refractivity contribution in [3.8, 4) is 0 Å². The van der Waals surface area contributed by atoms with Crippen molar-refractivity contribution in [2.24, 2.45) is 7.05 Å². The van der Waals surface area contributed by atoms with Gasteiger partial charge in [0.2, 0.25) is 5.91 Å². The summed E-state index contributed by atoms with van der Waals surface area (Å²) < 4.78 is 2.10. The average Bonchev–Trinajstić information content (AvgIpc) is 2.91. The Morgan fingerprint density at radius 2 is 1.76 bits per heavy atom. The molecule has 2 amide bonds. The van der Waals surface area contributed by atoms with Crippen LogP contribution in [0.15, 0.2) is 54.7 Å². The van der Waals surface area contributed by atoms with Crippen molar-refractivity contribution in [1.82, 2.24) is 9.88 Å². The molecule has 2 aromatic carbocycles. The first-order valence-corrected chi connectivity index (χ1v) is 8.23. The zero-order valence-corrected chi connectivity index (χ0v) is 14.4. The summed E-state index contributed by atoms with van der Waals surface area (Å²) in [6.45, 7) is 2.02. The fourth-order valence-corrected chi connectivity index (χ4v) is 2.95. The zero-order valence-electron chi connectivity index (χ0n) is 14.4. The average molecular weight is 335 g/mol. The van der Waals surface area contributed by atoms with Crippen molar-refractivity contribution in [3.63, 3.8) is 0 Å². The maximum absolute atomic E-state index is 12.2. The molecule has 1 heterocycles. The summed E-state index contributed by atoms with van der Waals surface area (Å²) in [5.74, 6) is -0.248. The van der Waals surface area contributed by atoms with Crippen LogP contribution < -0.4 is 10.6 Å². The highest BCUT2D eigenvalue weighted by Gasteiger charge is 2.08. The Labute approximate surface area is 146 Å². The molecule has 128 valence electrons. The van der Waals surface area contributed by atoms with Crippen LogP contribution in [-0.4, -0.2) is 22.9 Å². The van der Waals surface area contributed by atoms with E-state index < -0.39 is 0 Å². The predicted molar refractivity (Wildman–Crippen MR) is 99.7 cm³/mol. The molecule has 0 saturated carbocycles. The molecule has 0 aliphatic rings. The molecule has 3 rings (SSSR count). The van der Waals surface area contributed by atoms with Crippen LogP contribution >= 0.6 is 0 Å². The molecule has 0 saturated heterocycles. The predicted octanol–water partition coefficient (Wildman–Crippen LogP) is 3.11. The van der Waals surface area contributed by atoms with Crippen LogP contribution in [0.25, 0.3) is 10.9 Å². The lowest BCUT2D eigenvalue weighted by Gasteiger charge is -2.06. The number of hydrogen-bond donors (Lipinski definition) is 2. The van der Waals surface area contributed by atoms with Crippen molar-refractivity contribution in [1.29, 1.82) is 0 Å². The highest BCUT2D eigenvalue weighted by Crippen LogP contribution is 2.20. The van der Waals surface area contributed by atoms with Crippen LogP contribution in [0.5, 0.6) is 0 Å². The number of anilines is 1. The molecule has 0 radical (unpaired) electrons. The lowest BCUT2D eigenvalue weighted by Crippen LogP contribution is -2.25. The standard InChI is InChI=1S/C20H21N3O2/c1-14(24)22-17-9-7-15(8-10-17)20(25)21-12-11-16-13-23(2)19-6-4-3-5-18(16)19/h3-10,13H,11-12H2,1-2H3,(H,21,25)(H,22,24). The van der Waals surface area contributed by atoms with Gasteiger partial charge < -0.3 is 15.2 Å². The third kappa shape index (κ3) is 3.88. The molecule has 1 aromatic heterocycles. The van der Waals surface area contributed by atoms with Crippen LogP contribution in [0.4, 0.5) is 5.69 Å². The number of benzene rings is 2. The Bertz CT molecular complexity index is 910. The normalized spacial score (nSPS) is 10.6. The molecule has 0 aliphatic carbocycles. The van der Waals surface area contributed by atoms with Crippen LogP contribution in [0.1, 0.15) is 22.8 Å². The molecule has 0 fully saturated rings. The van der Waals surface area contributed by atoms with Crippen molar-refractivity contribution in [3.05, 3.63) is 65.9 Å². The summed E-state index contributed by atoms with van der Waals surface area (Å²) in [6, 6.07) is 15.1. The maximum Gasteiger partial charge on any atom is 0.251 e. The van der Waals surface area contributed by atoms with E-state index in [0.29, 0.717) is 17.8 Å². The van der Waals surface area contributed by atoms with E-state index in [1.807, 2.05) is 19.2 Å². The van der Waals surface area contributed by atoms with E-state index in [9.17, 15) is 9.59 Å². The summed E-state index contributed by atoms with van der Waals surface area (Å²) in [4.78, 5) is 23.2. The fraction of sp³-hybridized carbons (Fsp3) is 0.200. The minimum atomic E-state index is -0.132. The number of amides is 2. The molecule has 2 N–H and O–H groups in total. The first kappa shape index (κ1) is 16.8. The van der Waals surface area contributed by atoms with Gasteiger partial charge >= 0.3 is 0 Å². The number of aryl methyl sites for hydroxylation is 1. The molecule has 0 unspecified atom stereocenters. The summed E-state index contributed by atoms with van der Waals surface area (Å²) >= 11 is 0. The SMILES string of the molecule is CC(=O)Nc1ccc(C(=O)NCCc2cn(C)c3ccccc23)cc1. The van der Waals surface area contributed by atoms with E-state index in [0.717, 1.165) is 6.42 Å². The molecule has 0 atom stereocenters. The number of fused-ring (bicyclic) bond motifs is 1. The minimum Gasteiger partial charge on any atom is -0.352 e. The smallest absolute Gasteiger partial charge is 0.251 e. The number of hydrogen-bond acceptors (Lipinski definition) is 2. The van der Waals surface area contributed by atoms with Gasteiger partial charge in [-0.15, -0.1) is 0 Å². The second kappa shape index (κ2) is 7.21. The van der Waals surface area contributed by atoms with E-state index in [1.165, 1.54) is 23.4 Å². The topological polar surface area (TPSA) is 63.1 Å². The third-order valence-corrected chi connectivity index (χ3v) is 4.13. The Kier molecular flexibility index (Phi) is 4.84. The van der Waals surface area contributed by atoms with Crippen LogP contribution in [0.3, 0.4) is 0 Å². The van der Waals surface area contributed by atoms with Gasteiger partial charge in [-0.1, -0.05) is 18.2 Å². The highest BCUT2D eigenvalue weighted by atomic mass is 16.2. The Balaban J connectivity index is 1.59. The van der Waals surface area contributed by atoms with Gasteiger partial charge in [0.1, 0.15) is 0 Å². The van der Waals surface area contributed by atoms with Crippen LogP contribution in [0, 0.1) is 0 Å². The molecular formula is C20H21N3O2. The first-order valence-electron chi connectivity index (χ1n) is 8.23. The zero-order chi connectivity index (χ0) is 17.8. The molecule has 25 heavy (non-hydrogen) atoms. The highest BCUT2D eigenvalue weighted by molar-refractivity contribution is 5.95. The molecule has 3 aromatic rings. The molecule has 5 heteroatoms. The van der Waals surface area contributed by atoms with Gasteiger partial charge in [-0.25, -0.2) is 0 Å². The molecule has 5 nitrogen and oxygen atoms in total. The van der Waals surface area contributed by atoms with Gasteiger partial charge in [-0.2, -0.15) is 0 Å². The number of nitrogens with one attached hydrogen (secondary N) is 2. The number of para-hydroxylation sites is 1. The van der Waals surface area contributed by atoms with Gasteiger partial charge in [0, 0.05) is 48.9 Å². The van der Waals surface area contributed by atoms with Crippen molar-refractivity contribution >= 4 is 28.4 Å². The molecule has 0 bridgehead atoms. The van der Waals surface area contributed by atoms with Crippen molar-refractivity contribution < 1.29 is 9.59 Å². The van der Waals surface area contributed by atoms with Crippen molar-refractivity contribution in [2.45, 2.75) is 13.3 Å². The van der Waals surface area contributed by atoms with Gasteiger partial charge in [-0.3, -0.25) is 9.59 Å². The Hall–Kier alpha value is -3.08. The van der Waals surface area contributed by atoms with Gasteiger partial charge in [0.25, 0.3) is 5.91 Å². The van der Waals surface area contributed by atoms with Crippen LogP contribution in [0.2, 0.25) is 0 Å². The van der Waals surface area contributed by atoms with E-state index in [4.69, 9.17) is 0 Å². The summed E-state index contributed by atoms with van der Waals surface area (Å²) in [7, 11) is 2.03. The second-order valence-corrected chi connectivity index (χ2v) is 6.05. The van der Waals surface area contributed by atoms with E-state index in [-0.39, 0.29) is 11.8 Å². The molecule has 0 spiro atoms. The van der Waals surface area contributed by atoms with Gasteiger partial charge in [0.05, 0.1) is 0 Å². The lowest BCUT2D eigenvalue weighted by atomic mass is 10.1. The number of carbonyl (C=O) groups is 2. The number of rotatable bonds is 5. The minimum absolute atomic E-state index is 0.116. The summed E-state index contributed by atoms with van der Waals surface area (Å²) in [5.41, 5.74) is 3.67.